The highest BCUT2D eigenvalue weighted by atomic mass is 79.9. The lowest BCUT2D eigenvalue weighted by molar-refractivity contribution is -0.121. The summed E-state index contributed by atoms with van der Waals surface area (Å²) in [5.74, 6) is 1.00. The number of carbonyl (C=O) groups is 1. The Labute approximate surface area is 149 Å². The number of aryl methyl sites for hydroxylation is 1. The SMILES string of the molecule is CC(NC(=O)CCCc1nc2ccccc2[nH]1)c1cccc(Br)c1. The van der Waals surface area contributed by atoms with Crippen LogP contribution < -0.4 is 5.32 Å². The predicted octanol–water partition coefficient (Wildman–Crippen LogP) is 4.53. The van der Waals surface area contributed by atoms with Crippen molar-refractivity contribution in [3.63, 3.8) is 0 Å². The molecule has 0 radical (unpaired) electrons. The molecule has 4 nitrogen and oxygen atoms in total. The number of halogens is 1. The topological polar surface area (TPSA) is 57.8 Å². The second-order valence-corrected chi connectivity index (χ2v) is 6.81. The number of amides is 1. The third-order valence-electron chi connectivity index (χ3n) is 3.98. The Bertz CT molecular complexity index is 810. The average Bonchev–Trinajstić information content (AvgIpc) is 2.97. The molecule has 0 bridgehead atoms. The number of hydrogen-bond acceptors (Lipinski definition) is 2. The molecule has 0 saturated heterocycles. The van der Waals surface area contributed by atoms with Crippen molar-refractivity contribution in [3.05, 3.63) is 64.4 Å². The van der Waals surface area contributed by atoms with Gasteiger partial charge in [-0.05, 0) is 43.2 Å². The highest BCUT2D eigenvalue weighted by molar-refractivity contribution is 9.10. The van der Waals surface area contributed by atoms with Gasteiger partial charge >= 0.3 is 0 Å². The lowest BCUT2D eigenvalue weighted by Crippen LogP contribution is -2.26. The van der Waals surface area contributed by atoms with Crippen LogP contribution in [0.3, 0.4) is 0 Å². The molecular weight excluding hydrogens is 366 g/mol. The molecule has 1 unspecified atom stereocenters. The molecular formula is C19H20BrN3O. The number of carbonyl (C=O) groups excluding carboxylic acids is 1. The van der Waals surface area contributed by atoms with Gasteiger partial charge in [-0.3, -0.25) is 4.79 Å². The van der Waals surface area contributed by atoms with Crippen LogP contribution in [0.25, 0.3) is 11.0 Å². The van der Waals surface area contributed by atoms with Gasteiger partial charge in [-0.2, -0.15) is 0 Å². The van der Waals surface area contributed by atoms with Crippen LogP contribution in [0.5, 0.6) is 0 Å². The number of H-pyrrole nitrogens is 1. The second-order valence-electron chi connectivity index (χ2n) is 5.90. The first-order chi connectivity index (χ1) is 11.6. The van der Waals surface area contributed by atoms with Gasteiger partial charge in [-0.1, -0.05) is 40.2 Å². The Hall–Kier alpha value is -2.14. The van der Waals surface area contributed by atoms with E-state index in [1.165, 1.54) is 0 Å². The zero-order valence-corrected chi connectivity index (χ0v) is 15.1. The summed E-state index contributed by atoms with van der Waals surface area (Å²) in [5.41, 5.74) is 3.11. The molecule has 0 aliphatic rings. The number of para-hydroxylation sites is 2. The Morgan fingerprint density at radius 1 is 1.25 bits per heavy atom. The lowest BCUT2D eigenvalue weighted by atomic mass is 10.1. The van der Waals surface area contributed by atoms with E-state index in [-0.39, 0.29) is 11.9 Å². The van der Waals surface area contributed by atoms with Crippen LogP contribution in [0.2, 0.25) is 0 Å². The normalized spacial score (nSPS) is 12.2. The number of nitrogens with zero attached hydrogens (tertiary/aromatic N) is 1. The molecule has 0 fully saturated rings. The van der Waals surface area contributed by atoms with Crippen LogP contribution in [-0.2, 0) is 11.2 Å². The summed E-state index contributed by atoms with van der Waals surface area (Å²) in [4.78, 5) is 20.0. The molecule has 0 saturated carbocycles. The van der Waals surface area contributed by atoms with Crippen molar-refractivity contribution in [1.29, 1.82) is 0 Å². The first-order valence-corrected chi connectivity index (χ1v) is 8.89. The van der Waals surface area contributed by atoms with Crippen molar-refractivity contribution in [3.8, 4) is 0 Å². The summed E-state index contributed by atoms with van der Waals surface area (Å²) in [6, 6.07) is 16.0. The van der Waals surface area contributed by atoms with Crippen LogP contribution in [0, 0.1) is 0 Å². The van der Waals surface area contributed by atoms with Crippen molar-refractivity contribution >= 4 is 32.9 Å². The zero-order chi connectivity index (χ0) is 16.9. The molecule has 1 aromatic heterocycles. The second kappa shape index (κ2) is 7.62. The van der Waals surface area contributed by atoms with Gasteiger partial charge in [0.1, 0.15) is 5.82 Å². The molecule has 3 aromatic rings. The first-order valence-electron chi connectivity index (χ1n) is 8.10. The molecule has 1 amide bonds. The van der Waals surface area contributed by atoms with Gasteiger partial charge in [0.15, 0.2) is 0 Å². The van der Waals surface area contributed by atoms with E-state index in [2.05, 4.69) is 31.2 Å². The maximum Gasteiger partial charge on any atom is 0.220 e. The maximum atomic E-state index is 12.1. The predicted molar refractivity (Wildman–Crippen MR) is 99.7 cm³/mol. The number of aromatic nitrogens is 2. The number of fused-ring (bicyclic) bond motifs is 1. The van der Waals surface area contributed by atoms with Crippen molar-refractivity contribution in [2.45, 2.75) is 32.2 Å². The third-order valence-corrected chi connectivity index (χ3v) is 4.48. The molecule has 0 aliphatic heterocycles. The quantitative estimate of drug-likeness (QED) is 0.654. The molecule has 0 spiro atoms. The summed E-state index contributed by atoms with van der Waals surface area (Å²) >= 11 is 3.46. The standard InChI is InChI=1S/C19H20BrN3O/c1-13(14-6-4-7-15(20)12-14)21-19(24)11-5-10-18-22-16-8-2-3-9-17(16)23-18/h2-4,6-9,12-13H,5,10-11H2,1H3,(H,21,24)(H,22,23). The molecule has 1 heterocycles. The molecule has 0 aliphatic carbocycles. The molecule has 124 valence electrons. The fraction of sp³-hybridized carbons (Fsp3) is 0.263. The fourth-order valence-electron chi connectivity index (χ4n) is 2.71. The third kappa shape index (κ3) is 4.23. The van der Waals surface area contributed by atoms with Crippen molar-refractivity contribution in [1.82, 2.24) is 15.3 Å². The highest BCUT2D eigenvalue weighted by Gasteiger charge is 2.10. The van der Waals surface area contributed by atoms with Gasteiger partial charge in [-0.15, -0.1) is 0 Å². The van der Waals surface area contributed by atoms with Crippen LogP contribution in [-0.4, -0.2) is 15.9 Å². The van der Waals surface area contributed by atoms with Gasteiger partial charge in [0.2, 0.25) is 5.91 Å². The van der Waals surface area contributed by atoms with Crippen molar-refractivity contribution in [2.24, 2.45) is 0 Å². The number of imidazole rings is 1. The Kier molecular flexibility index (Phi) is 5.30. The maximum absolute atomic E-state index is 12.1. The van der Waals surface area contributed by atoms with E-state index < -0.39 is 0 Å². The fourth-order valence-corrected chi connectivity index (χ4v) is 3.13. The van der Waals surface area contributed by atoms with Crippen molar-refractivity contribution < 1.29 is 4.79 Å². The van der Waals surface area contributed by atoms with Crippen molar-refractivity contribution in [2.75, 3.05) is 0 Å². The molecule has 3 rings (SSSR count). The van der Waals surface area contributed by atoms with Crippen LogP contribution in [0.4, 0.5) is 0 Å². The molecule has 2 N–H and O–H groups in total. The summed E-state index contributed by atoms with van der Waals surface area (Å²) < 4.78 is 1.02. The van der Waals surface area contributed by atoms with E-state index >= 15 is 0 Å². The van der Waals surface area contributed by atoms with Crippen LogP contribution >= 0.6 is 15.9 Å². The minimum Gasteiger partial charge on any atom is -0.350 e. The molecule has 2 aromatic carbocycles. The van der Waals surface area contributed by atoms with E-state index in [1.54, 1.807) is 0 Å². The van der Waals surface area contributed by atoms with E-state index in [0.29, 0.717) is 6.42 Å². The minimum absolute atomic E-state index is 0.00111. The zero-order valence-electron chi connectivity index (χ0n) is 13.6. The summed E-state index contributed by atoms with van der Waals surface area (Å²) in [6.45, 7) is 2.00. The van der Waals surface area contributed by atoms with E-state index in [0.717, 1.165) is 39.7 Å². The number of nitrogens with one attached hydrogen (secondary N) is 2. The molecule has 5 heteroatoms. The first kappa shape index (κ1) is 16.7. The van der Waals surface area contributed by atoms with E-state index in [9.17, 15) is 4.79 Å². The summed E-state index contributed by atoms with van der Waals surface area (Å²) in [7, 11) is 0. The monoisotopic (exact) mass is 385 g/mol. The van der Waals surface area contributed by atoms with E-state index in [4.69, 9.17) is 0 Å². The van der Waals surface area contributed by atoms with E-state index in [1.807, 2.05) is 55.5 Å². The summed E-state index contributed by atoms with van der Waals surface area (Å²) in [6.07, 6.45) is 2.04. The number of aromatic amines is 1. The Balaban J connectivity index is 1.48. The average molecular weight is 386 g/mol. The minimum atomic E-state index is 0.00111. The number of benzene rings is 2. The summed E-state index contributed by atoms with van der Waals surface area (Å²) in [5, 5.41) is 3.05. The molecule has 24 heavy (non-hydrogen) atoms. The number of rotatable bonds is 6. The van der Waals surface area contributed by atoms with Gasteiger partial charge < -0.3 is 10.3 Å². The van der Waals surface area contributed by atoms with Gasteiger partial charge in [-0.25, -0.2) is 4.98 Å². The number of hydrogen-bond donors (Lipinski definition) is 2. The highest BCUT2D eigenvalue weighted by Crippen LogP contribution is 2.18. The Morgan fingerprint density at radius 2 is 2.08 bits per heavy atom. The van der Waals surface area contributed by atoms with Crippen LogP contribution in [0.1, 0.15) is 37.2 Å². The van der Waals surface area contributed by atoms with Gasteiger partial charge in [0.05, 0.1) is 17.1 Å². The largest absolute Gasteiger partial charge is 0.350 e. The van der Waals surface area contributed by atoms with Gasteiger partial charge in [0, 0.05) is 17.3 Å². The smallest absolute Gasteiger partial charge is 0.220 e. The molecule has 1 atom stereocenters. The lowest BCUT2D eigenvalue weighted by Gasteiger charge is -2.14. The van der Waals surface area contributed by atoms with Crippen LogP contribution in [0.15, 0.2) is 53.0 Å². The Morgan fingerprint density at radius 3 is 2.88 bits per heavy atom. The van der Waals surface area contributed by atoms with Gasteiger partial charge in [0.25, 0.3) is 0 Å².